The predicted molar refractivity (Wildman–Crippen MR) is 142 cm³/mol. The molecule has 2 heterocycles. The van der Waals surface area contributed by atoms with Crippen molar-refractivity contribution in [2.75, 3.05) is 44.4 Å². The summed E-state index contributed by atoms with van der Waals surface area (Å²) in [7, 11) is -0.683. The summed E-state index contributed by atoms with van der Waals surface area (Å²) in [5, 5.41) is 11.9. The number of halogens is 4. The first kappa shape index (κ1) is 28.5. The quantitative estimate of drug-likeness (QED) is 0.297. The number of hydrogen-bond donors (Lipinski definition) is 3. The van der Waals surface area contributed by atoms with Crippen molar-refractivity contribution in [2.24, 2.45) is 5.14 Å². The molecule has 1 aliphatic heterocycles. The van der Waals surface area contributed by atoms with Gasteiger partial charge in [0.1, 0.15) is 18.5 Å². The van der Waals surface area contributed by atoms with E-state index in [0.717, 1.165) is 4.57 Å². The number of hydrogen-bond acceptors (Lipinski definition) is 6. The molecule has 0 amide bonds. The summed E-state index contributed by atoms with van der Waals surface area (Å²) in [4.78, 5) is 1.79. The van der Waals surface area contributed by atoms with Crippen LogP contribution in [0.25, 0.3) is 10.9 Å². The van der Waals surface area contributed by atoms with Crippen molar-refractivity contribution in [3.63, 3.8) is 0 Å². The van der Waals surface area contributed by atoms with Crippen LogP contribution < -0.4 is 20.5 Å². The molecular weight excluding hydrogens is 538 g/mol. The highest BCUT2D eigenvalue weighted by molar-refractivity contribution is 7.89. The maximum absolute atomic E-state index is 14.7. The second-order valence-electron chi connectivity index (χ2n) is 9.40. The first-order valence-electron chi connectivity index (χ1n) is 12.1. The summed E-state index contributed by atoms with van der Waals surface area (Å²) in [5.74, 6) is 6.12. The minimum Gasteiger partial charge on any atom is -0.495 e. The van der Waals surface area contributed by atoms with E-state index in [4.69, 9.17) is 9.88 Å². The molecule has 2 aromatic carbocycles. The summed E-state index contributed by atoms with van der Waals surface area (Å²) >= 11 is 0. The number of rotatable bonds is 7. The number of alkyl halides is 4. The van der Waals surface area contributed by atoms with E-state index in [1.165, 1.54) is 31.5 Å². The molecule has 1 saturated heterocycles. The van der Waals surface area contributed by atoms with Crippen molar-refractivity contribution in [2.45, 2.75) is 36.3 Å². The Hall–Kier alpha value is -3.47. The third-order valence-corrected chi connectivity index (χ3v) is 7.34. The molecule has 4 rings (SSSR count). The third kappa shape index (κ3) is 7.14. The largest absolute Gasteiger partial charge is 0.495 e. The van der Waals surface area contributed by atoms with Crippen LogP contribution in [0.2, 0.25) is 0 Å². The number of primary sulfonamides is 1. The highest BCUT2D eigenvalue weighted by atomic mass is 32.2. The fourth-order valence-electron chi connectivity index (χ4n) is 4.52. The number of aromatic nitrogens is 1. The van der Waals surface area contributed by atoms with Crippen LogP contribution in [0.5, 0.6) is 5.75 Å². The molecular formula is C26H29F4N5O3S. The molecule has 8 nitrogen and oxygen atoms in total. The van der Waals surface area contributed by atoms with Gasteiger partial charge in [0.25, 0.3) is 0 Å². The number of nitrogens with one attached hydrogen (secondary N) is 2. The average Bonchev–Trinajstić information content (AvgIpc) is 3.24. The molecule has 2 atom stereocenters. The lowest BCUT2D eigenvalue weighted by molar-refractivity contribution is -0.139. The molecule has 0 radical (unpaired) electrons. The Morgan fingerprint density at radius 2 is 1.95 bits per heavy atom. The Labute approximate surface area is 224 Å². The van der Waals surface area contributed by atoms with Crippen LogP contribution in [0, 0.1) is 11.8 Å². The van der Waals surface area contributed by atoms with Gasteiger partial charge in [-0.25, -0.2) is 17.9 Å². The Morgan fingerprint density at radius 3 is 2.62 bits per heavy atom. The van der Waals surface area contributed by atoms with Crippen molar-refractivity contribution in [1.82, 2.24) is 9.47 Å². The number of likely N-dealkylation sites (tertiary alicyclic amines) is 1. The van der Waals surface area contributed by atoms with E-state index in [1.54, 1.807) is 18.2 Å². The van der Waals surface area contributed by atoms with Gasteiger partial charge in [0.2, 0.25) is 10.0 Å². The Bertz CT molecular complexity index is 1510. The number of fused-ring (bicyclic) bond motifs is 1. The Morgan fingerprint density at radius 1 is 1.18 bits per heavy atom. The fraction of sp³-hybridized carbons (Fsp3) is 0.385. The van der Waals surface area contributed by atoms with Gasteiger partial charge in [0, 0.05) is 42.0 Å². The van der Waals surface area contributed by atoms with E-state index in [-0.39, 0.29) is 23.7 Å². The molecule has 1 fully saturated rings. The molecule has 4 N–H and O–H groups in total. The summed E-state index contributed by atoms with van der Waals surface area (Å²) in [5.41, 5.74) is 1.78. The van der Waals surface area contributed by atoms with Gasteiger partial charge in [-0.2, -0.15) is 13.2 Å². The summed E-state index contributed by atoms with van der Waals surface area (Å²) in [6.45, 7) is -0.0779. The van der Waals surface area contributed by atoms with Gasteiger partial charge < -0.3 is 24.8 Å². The van der Waals surface area contributed by atoms with Crippen molar-refractivity contribution in [1.29, 1.82) is 0 Å². The number of nitrogens with two attached hydrogens (primary N) is 1. The maximum atomic E-state index is 14.7. The van der Waals surface area contributed by atoms with Crippen LogP contribution in [0.3, 0.4) is 0 Å². The summed E-state index contributed by atoms with van der Waals surface area (Å²) < 4.78 is 83.8. The van der Waals surface area contributed by atoms with Crippen molar-refractivity contribution in [3.05, 3.63) is 48.2 Å². The van der Waals surface area contributed by atoms with E-state index in [9.17, 15) is 26.0 Å². The first-order chi connectivity index (χ1) is 18.3. The van der Waals surface area contributed by atoms with Crippen LogP contribution in [0.15, 0.2) is 47.5 Å². The number of ether oxygens (including phenoxy) is 1. The number of anilines is 2. The lowest BCUT2D eigenvalue weighted by atomic mass is 10.0. The van der Waals surface area contributed by atoms with E-state index in [2.05, 4.69) is 22.5 Å². The van der Waals surface area contributed by atoms with E-state index in [1.807, 2.05) is 11.9 Å². The number of piperidine rings is 1. The highest BCUT2D eigenvalue weighted by Crippen LogP contribution is 2.31. The highest BCUT2D eigenvalue weighted by Gasteiger charge is 2.30. The minimum atomic E-state index is -4.42. The molecule has 39 heavy (non-hydrogen) atoms. The Kier molecular flexibility index (Phi) is 8.29. The molecule has 0 bridgehead atoms. The molecule has 210 valence electrons. The van der Waals surface area contributed by atoms with Crippen molar-refractivity contribution in [3.8, 4) is 17.6 Å². The van der Waals surface area contributed by atoms with E-state index < -0.39 is 35.0 Å². The van der Waals surface area contributed by atoms with Crippen LogP contribution in [0.4, 0.5) is 28.9 Å². The van der Waals surface area contributed by atoms with Gasteiger partial charge in [0.15, 0.2) is 0 Å². The number of methoxy groups -OCH3 is 1. The summed E-state index contributed by atoms with van der Waals surface area (Å²) in [6, 6.07) is 8.49. The van der Waals surface area contributed by atoms with Crippen molar-refractivity contribution >= 4 is 32.3 Å². The minimum absolute atomic E-state index is 0.105. The molecule has 0 aliphatic carbocycles. The molecule has 0 saturated carbocycles. The molecule has 0 spiro atoms. The smallest absolute Gasteiger partial charge is 0.406 e. The van der Waals surface area contributed by atoms with Gasteiger partial charge in [-0.05, 0) is 43.8 Å². The Balaban J connectivity index is 1.60. The average molecular weight is 568 g/mol. The zero-order valence-electron chi connectivity index (χ0n) is 21.3. The molecule has 0 unspecified atom stereocenters. The second-order valence-corrected chi connectivity index (χ2v) is 11.0. The van der Waals surface area contributed by atoms with Crippen LogP contribution in [0.1, 0.15) is 12.0 Å². The number of benzene rings is 2. The maximum Gasteiger partial charge on any atom is 0.406 e. The zero-order chi connectivity index (χ0) is 28.4. The van der Waals surface area contributed by atoms with E-state index >= 15 is 0 Å². The normalized spacial score (nSPS) is 18.4. The third-order valence-electron chi connectivity index (χ3n) is 6.43. The van der Waals surface area contributed by atoms with Crippen LogP contribution >= 0.6 is 0 Å². The second kappa shape index (κ2) is 11.3. The van der Waals surface area contributed by atoms with Crippen molar-refractivity contribution < 1.29 is 30.7 Å². The van der Waals surface area contributed by atoms with Crippen LogP contribution in [-0.4, -0.2) is 70.1 Å². The molecule has 13 heteroatoms. The predicted octanol–water partition coefficient (Wildman–Crippen LogP) is 3.78. The van der Waals surface area contributed by atoms with E-state index in [0.29, 0.717) is 40.8 Å². The lowest BCUT2D eigenvalue weighted by Crippen LogP contribution is -2.46. The van der Waals surface area contributed by atoms with Gasteiger partial charge in [-0.3, -0.25) is 0 Å². The van der Waals surface area contributed by atoms with Gasteiger partial charge in [-0.15, -0.1) is 0 Å². The first-order valence-corrected chi connectivity index (χ1v) is 13.6. The molecule has 3 aromatic rings. The van der Waals surface area contributed by atoms with Gasteiger partial charge in [0.05, 0.1) is 35.8 Å². The zero-order valence-corrected chi connectivity index (χ0v) is 22.2. The molecule has 1 aliphatic rings. The molecule has 1 aromatic heterocycles. The van der Waals surface area contributed by atoms with Crippen LogP contribution in [-0.2, 0) is 16.6 Å². The number of sulfonamides is 1. The fourth-order valence-corrected chi connectivity index (χ4v) is 5.05. The SMILES string of the molecule is COc1cc(S(N)(=O)=O)ccc1NCC#Cc1cc(N[C@H]2CCN(C)C[C@@H]2F)c2ccn(CC(F)(F)F)c2c1. The lowest BCUT2D eigenvalue weighted by Gasteiger charge is -2.33. The topological polar surface area (TPSA) is 102 Å². The monoisotopic (exact) mass is 567 g/mol. The van der Waals surface area contributed by atoms with Gasteiger partial charge in [-0.1, -0.05) is 11.8 Å². The standard InChI is InChI=1S/C26H29F4N5O3S/c1-34-10-8-21(20(27)15-34)33-23-12-17(13-24-19(23)7-11-35(24)16-26(28,29)30)4-3-9-32-22-6-5-18(39(31,36)37)14-25(22)38-2/h5-7,11-14,20-21,32-33H,8-10,15-16H2,1-2H3,(H2,31,36,37)/t20-,21-/m0/s1. The summed E-state index contributed by atoms with van der Waals surface area (Å²) in [6.07, 6.45) is -3.64. The van der Waals surface area contributed by atoms with Gasteiger partial charge >= 0.3 is 6.18 Å². The number of nitrogens with zero attached hydrogens (tertiary/aromatic N) is 2.